The van der Waals surface area contributed by atoms with Crippen LogP contribution in [0.2, 0.25) is 0 Å². The van der Waals surface area contributed by atoms with E-state index in [1.165, 1.54) is 6.20 Å². The van der Waals surface area contributed by atoms with Crippen molar-refractivity contribution >= 4 is 11.9 Å². The molecule has 23 heavy (non-hydrogen) atoms. The number of hydrogen-bond donors (Lipinski definition) is 0. The summed E-state index contributed by atoms with van der Waals surface area (Å²) in [6.07, 6.45) is 2.58. The van der Waals surface area contributed by atoms with Gasteiger partial charge in [0, 0.05) is 18.7 Å². The molecule has 0 spiro atoms. The first kappa shape index (κ1) is 15.3. The number of aromatic nitrogens is 2. The third-order valence-corrected chi connectivity index (χ3v) is 4.01. The van der Waals surface area contributed by atoms with Crippen LogP contribution in [0.25, 0.3) is 5.69 Å². The summed E-state index contributed by atoms with van der Waals surface area (Å²) < 4.78 is 6.68. The first-order valence-corrected chi connectivity index (χ1v) is 7.73. The number of nitrogens with zero attached hydrogens (tertiary/aromatic N) is 3. The van der Waals surface area contributed by atoms with Crippen LogP contribution in [0.3, 0.4) is 0 Å². The zero-order valence-corrected chi connectivity index (χ0v) is 13.3. The molecule has 1 aliphatic heterocycles. The van der Waals surface area contributed by atoms with Crippen molar-refractivity contribution < 1.29 is 14.3 Å². The van der Waals surface area contributed by atoms with E-state index in [2.05, 4.69) is 5.10 Å². The number of amides is 1. The molecule has 2 aromatic rings. The fourth-order valence-electron chi connectivity index (χ4n) is 2.53. The number of rotatable bonds is 4. The second-order valence-corrected chi connectivity index (χ2v) is 5.47. The molecular formula is C17H19N3O3. The van der Waals surface area contributed by atoms with Crippen LogP contribution in [0.4, 0.5) is 0 Å². The van der Waals surface area contributed by atoms with Crippen molar-refractivity contribution in [3.63, 3.8) is 0 Å². The molecule has 1 aliphatic rings. The minimum Gasteiger partial charge on any atom is -0.462 e. The summed E-state index contributed by atoms with van der Waals surface area (Å²) in [4.78, 5) is 25.8. The summed E-state index contributed by atoms with van der Waals surface area (Å²) in [7, 11) is 0. The molecule has 120 valence electrons. The molecule has 0 N–H and O–H groups in total. The first-order chi connectivity index (χ1) is 11.1. The van der Waals surface area contributed by atoms with Gasteiger partial charge in [0.15, 0.2) is 0 Å². The van der Waals surface area contributed by atoms with Crippen LogP contribution in [0.1, 0.15) is 39.8 Å². The van der Waals surface area contributed by atoms with Crippen LogP contribution >= 0.6 is 0 Å². The first-order valence-electron chi connectivity index (χ1n) is 7.73. The van der Waals surface area contributed by atoms with Gasteiger partial charge in [0.2, 0.25) is 0 Å². The third-order valence-electron chi connectivity index (χ3n) is 4.01. The van der Waals surface area contributed by atoms with Crippen LogP contribution in [0.5, 0.6) is 0 Å². The van der Waals surface area contributed by atoms with E-state index in [0.717, 1.165) is 25.2 Å². The van der Waals surface area contributed by atoms with Gasteiger partial charge in [0.1, 0.15) is 5.56 Å². The lowest BCUT2D eigenvalue weighted by atomic mass is 10.1. The number of likely N-dealkylation sites (tertiary alicyclic amines) is 1. The van der Waals surface area contributed by atoms with Gasteiger partial charge >= 0.3 is 5.97 Å². The van der Waals surface area contributed by atoms with Crippen molar-refractivity contribution in [1.29, 1.82) is 0 Å². The minimum absolute atomic E-state index is 0.0622. The maximum absolute atomic E-state index is 12.1. The van der Waals surface area contributed by atoms with E-state index >= 15 is 0 Å². The summed E-state index contributed by atoms with van der Waals surface area (Å²) in [6, 6.07) is 7.26. The van der Waals surface area contributed by atoms with Gasteiger partial charge in [0.25, 0.3) is 5.91 Å². The molecular weight excluding hydrogens is 294 g/mol. The number of ether oxygens (including phenoxy) is 1. The third kappa shape index (κ3) is 2.84. The molecule has 6 heteroatoms. The molecule has 2 heterocycles. The fourth-order valence-corrected chi connectivity index (χ4v) is 2.53. The number of esters is 1. The van der Waals surface area contributed by atoms with E-state index in [9.17, 15) is 9.59 Å². The molecule has 0 saturated carbocycles. The van der Waals surface area contributed by atoms with E-state index in [-0.39, 0.29) is 11.9 Å². The quantitative estimate of drug-likeness (QED) is 0.812. The zero-order valence-electron chi connectivity index (χ0n) is 13.3. The smallest absolute Gasteiger partial charge is 0.341 e. The van der Waals surface area contributed by atoms with Crippen molar-refractivity contribution in [3.05, 3.63) is 47.3 Å². The summed E-state index contributed by atoms with van der Waals surface area (Å²) in [6.45, 7) is 5.59. The zero-order chi connectivity index (χ0) is 16.4. The number of benzene rings is 1. The summed E-state index contributed by atoms with van der Waals surface area (Å²) in [5.41, 5.74) is 2.64. The highest BCUT2D eigenvalue weighted by Gasteiger charge is 2.21. The Kier molecular flexibility index (Phi) is 4.14. The van der Waals surface area contributed by atoms with Gasteiger partial charge < -0.3 is 9.64 Å². The molecule has 1 aromatic heterocycles. The highest BCUT2D eigenvalue weighted by atomic mass is 16.5. The predicted octanol–water partition coefficient (Wildman–Crippen LogP) is 2.20. The average Bonchev–Trinajstić information content (AvgIpc) is 2.87. The van der Waals surface area contributed by atoms with Crippen LogP contribution in [-0.2, 0) is 4.74 Å². The van der Waals surface area contributed by atoms with Gasteiger partial charge in [-0.3, -0.25) is 4.79 Å². The summed E-state index contributed by atoms with van der Waals surface area (Å²) in [5.74, 6) is -0.312. The van der Waals surface area contributed by atoms with Gasteiger partial charge in [-0.2, -0.15) is 5.10 Å². The van der Waals surface area contributed by atoms with E-state index in [1.54, 1.807) is 23.7 Å². The molecule has 3 rings (SSSR count). The van der Waals surface area contributed by atoms with Gasteiger partial charge in [-0.15, -0.1) is 0 Å². The lowest BCUT2D eigenvalue weighted by molar-refractivity contribution is 0.0525. The molecule has 0 radical (unpaired) electrons. The second-order valence-electron chi connectivity index (χ2n) is 5.47. The Balaban J connectivity index is 1.82. The number of hydrogen-bond acceptors (Lipinski definition) is 4. The molecule has 1 aromatic carbocycles. The van der Waals surface area contributed by atoms with Crippen molar-refractivity contribution in [2.45, 2.75) is 20.3 Å². The SMILES string of the molecule is CCOC(=O)c1cnn(-c2ccc(C(=O)N3CCC3)cc2)c1C. The van der Waals surface area contributed by atoms with E-state index < -0.39 is 0 Å². The Hall–Kier alpha value is -2.63. The predicted molar refractivity (Wildman–Crippen MR) is 84.8 cm³/mol. The molecule has 6 nitrogen and oxygen atoms in total. The molecule has 1 amide bonds. The Labute approximate surface area is 134 Å². The molecule has 0 unspecified atom stereocenters. The lowest BCUT2D eigenvalue weighted by Gasteiger charge is -2.30. The molecule has 0 atom stereocenters. The number of carbonyl (C=O) groups is 2. The van der Waals surface area contributed by atoms with Crippen LogP contribution in [0, 0.1) is 6.92 Å². The van der Waals surface area contributed by atoms with Crippen molar-refractivity contribution in [2.75, 3.05) is 19.7 Å². The standard InChI is InChI=1S/C17H19N3O3/c1-3-23-17(22)15-11-18-20(12(15)2)14-7-5-13(6-8-14)16(21)19-9-4-10-19/h5-8,11H,3-4,9-10H2,1-2H3. The summed E-state index contributed by atoms with van der Waals surface area (Å²) >= 11 is 0. The van der Waals surface area contributed by atoms with Crippen molar-refractivity contribution in [1.82, 2.24) is 14.7 Å². The van der Waals surface area contributed by atoms with E-state index in [0.29, 0.717) is 23.4 Å². The van der Waals surface area contributed by atoms with E-state index in [1.807, 2.05) is 24.0 Å². The molecule has 1 fully saturated rings. The van der Waals surface area contributed by atoms with Gasteiger partial charge in [-0.25, -0.2) is 9.48 Å². The molecule has 0 bridgehead atoms. The summed E-state index contributed by atoms with van der Waals surface area (Å²) in [5, 5.41) is 4.25. The average molecular weight is 313 g/mol. The van der Waals surface area contributed by atoms with Gasteiger partial charge in [0.05, 0.1) is 24.2 Å². The molecule has 1 saturated heterocycles. The number of carbonyl (C=O) groups excluding carboxylic acids is 2. The van der Waals surface area contributed by atoms with Crippen LogP contribution in [0.15, 0.2) is 30.5 Å². The van der Waals surface area contributed by atoms with Gasteiger partial charge in [-0.05, 0) is 44.5 Å². The van der Waals surface area contributed by atoms with E-state index in [4.69, 9.17) is 4.74 Å². The Morgan fingerprint density at radius 3 is 2.48 bits per heavy atom. The molecule has 0 aliphatic carbocycles. The Morgan fingerprint density at radius 1 is 1.22 bits per heavy atom. The Bertz CT molecular complexity index is 730. The maximum atomic E-state index is 12.1. The second kappa shape index (κ2) is 6.24. The minimum atomic E-state index is -0.374. The van der Waals surface area contributed by atoms with Crippen LogP contribution in [-0.4, -0.2) is 46.3 Å². The topological polar surface area (TPSA) is 64.4 Å². The van der Waals surface area contributed by atoms with Crippen molar-refractivity contribution in [2.24, 2.45) is 0 Å². The normalized spacial score (nSPS) is 13.6. The fraction of sp³-hybridized carbons (Fsp3) is 0.353. The largest absolute Gasteiger partial charge is 0.462 e. The highest BCUT2D eigenvalue weighted by molar-refractivity contribution is 5.95. The highest BCUT2D eigenvalue weighted by Crippen LogP contribution is 2.18. The van der Waals surface area contributed by atoms with Crippen LogP contribution < -0.4 is 0 Å². The van der Waals surface area contributed by atoms with Gasteiger partial charge in [-0.1, -0.05) is 0 Å². The van der Waals surface area contributed by atoms with Crippen molar-refractivity contribution in [3.8, 4) is 5.69 Å². The maximum Gasteiger partial charge on any atom is 0.341 e. The lowest BCUT2D eigenvalue weighted by Crippen LogP contribution is -2.41. The monoisotopic (exact) mass is 313 g/mol. The Morgan fingerprint density at radius 2 is 1.91 bits per heavy atom.